The van der Waals surface area contributed by atoms with E-state index in [1.807, 2.05) is 0 Å². The van der Waals surface area contributed by atoms with Crippen LogP contribution in [-0.2, 0) is 9.39 Å². The molecule has 0 saturated carbocycles. The van der Waals surface area contributed by atoms with Crippen LogP contribution >= 0.6 is 0 Å². The van der Waals surface area contributed by atoms with Crippen LogP contribution in [0.5, 0.6) is 0 Å². The van der Waals surface area contributed by atoms with Gasteiger partial charge >= 0.3 is 0 Å². The Hall–Kier alpha value is -0.0151. The van der Waals surface area contributed by atoms with E-state index in [4.69, 9.17) is 4.65 Å². The van der Waals surface area contributed by atoms with E-state index in [0.717, 1.165) is 26.6 Å². The molecular weight excluding hydrogens is 115 g/mol. The van der Waals surface area contributed by atoms with E-state index in [9.17, 15) is 0 Å². The SMILES string of the molecule is [CH2]CCCBOCOC. The van der Waals surface area contributed by atoms with Crippen molar-refractivity contribution in [1.29, 1.82) is 0 Å². The molecule has 0 aromatic heterocycles. The molecule has 3 heteroatoms. The van der Waals surface area contributed by atoms with Crippen molar-refractivity contribution in [2.24, 2.45) is 0 Å². The first-order valence-corrected chi connectivity index (χ1v) is 3.27. The molecule has 0 aliphatic carbocycles. The molecule has 0 rings (SSSR count). The molecule has 0 heterocycles. The third-order valence-corrected chi connectivity index (χ3v) is 0.990. The van der Waals surface area contributed by atoms with Gasteiger partial charge in [0.15, 0.2) is 0 Å². The first-order chi connectivity index (χ1) is 4.41. The van der Waals surface area contributed by atoms with Crippen LogP contribution in [0.25, 0.3) is 0 Å². The number of hydrogen-bond acceptors (Lipinski definition) is 2. The van der Waals surface area contributed by atoms with Gasteiger partial charge in [0.25, 0.3) is 7.48 Å². The molecule has 0 spiro atoms. The molecule has 9 heavy (non-hydrogen) atoms. The highest BCUT2D eigenvalue weighted by Crippen LogP contribution is 1.92. The lowest BCUT2D eigenvalue weighted by Gasteiger charge is -1.98. The molecule has 0 N–H and O–H groups in total. The van der Waals surface area contributed by atoms with E-state index in [2.05, 4.69) is 11.7 Å². The first kappa shape index (κ1) is 8.98. The summed E-state index contributed by atoms with van der Waals surface area (Å²) in [6.45, 7) is 4.13. The van der Waals surface area contributed by atoms with Gasteiger partial charge < -0.3 is 9.39 Å². The van der Waals surface area contributed by atoms with Crippen LogP contribution in [0.15, 0.2) is 0 Å². The van der Waals surface area contributed by atoms with Crippen LogP contribution in [0.4, 0.5) is 0 Å². The van der Waals surface area contributed by atoms with Crippen molar-refractivity contribution in [3.63, 3.8) is 0 Å². The molecule has 53 valence electrons. The van der Waals surface area contributed by atoms with Crippen LogP contribution in [0, 0.1) is 6.92 Å². The third-order valence-electron chi connectivity index (χ3n) is 0.990. The fraction of sp³-hybridized carbons (Fsp3) is 0.833. The predicted octanol–water partition coefficient (Wildman–Crippen LogP) is 0.991. The third kappa shape index (κ3) is 7.98. The number of methoxy groups -OCH3 is 1. The van der Waals surface area contributed by atoms with Gasteiger partial charge in [-0.15, -0.1) is 0 Å². The summed E-state index contributed by atoms with van der Waals surface area (Å²) in [5, 5.41) is 0. The van der Waals surface area contributed by atoms with Crippen LogP contribution in [0.2, 0.25) is 6.32 Å². The summed E-state index contributed by atoms with van der Waals surface area (Å²) >= 11 is 0. The smallest absolute Gasteiger partial charge is 0.277 e. The van der Waals surface area contributed by atoms with Gasteiger partial charge in [0.05, 0.1) is 0 Å². The summed E-state index contributed by atoms with van der Waals surface area (Å²) in [6, 6.07) is 0. The van der Waals surface area contributed by atoms with E-state index in [-0.39, 0.29) is 0 Å². The van der Waals surface area contributed by atoms with Gasteiger partial charge in [-0.1, -0.05) is 26.1 Å². The zero-order chi connectivity index (χ0) is 6.95. The number of rotatable bonds is 6. The van der Waals surface area contributed by atoms with E-state index < -0.39 is 0 Å². The van der Waals surface area contributed by atoms with Crippen LogP contribution < -0.4 is 0 Å². The highest BCUT2D eigenvalue weighted by Gasteiger charge is 1.88. The van der Waals surface area contributed by atoms with Crippen molar-refractivity contribution in [3.8, 4) is 0 Å². The Kier molecular flexibility index (Phi) is 7.97. The highest BCUT2D eigenvalue weighted by molar-refractivity contribution is 6.26. The molecule has 0 unspecified atom stereocenters. The maximum absolute atomic E-state index is 5.03. The standard InChI is InChI=1S/C6H14BO2/c1-3-4-5-7-9-6-8-2/h7H,1,3-6H2,2H3. The van der Waals surface area contributed by atoms with Gasteiger partial charge in [-0.3, -0.25) is 0 Å². The Morgan fingerprint density at radius 2 is 2.33 bits per heavy atom. The lowest BCUT2D eigenvalue weighted by Crippen LogP contribution is -2.00. The van der Waals surface area contributed by atoms with Crippen molar-refractivity contribution < 1.29 is 9.39 Å². The average molecular weight is 129 g/mol. The Labute approximate surface area is 57.8 Å². The summed E-state index contributed by atoms with van der Waals surface area (Å²) in [5.74, 6) is 0. The molecule has 0 atom stereocenters. The van der Waals surface area contributed by atoms with Crippen LogP contribution in [0.1, 0.15) is 12.8 Å². The van der Waals surface area contributed by atoms with Crippen molar-refractivity contribution in [2.75, 3.05) is 13.9 Å². The molecule has 0 bridgehead atoms. The number of hydrogen-bond donors (Lipinski definition) is 0. The molecule has 0 aromatic rings. The van der Waals surface area contributed by atoms with Gasteiger partial charge in [0.1, 0.15) is 6.79 Å². The molecule has 2 nitrogen and oxygen atoms in total. The summed E-state index contributed by atoms with van der Waals surface area (Å²) in [5.41, 5.74) is 0. The molecule has 0 aliphatic rings. The van der Waals surface area contributed by atoms with Crippen LogP contribution in [-0.4, -0.2) is 21.4 Å². The van der Waals surface area contributed by atoms with Gasteiger partial charge in [0.2, 0.25) is 0 Å². The van der Waals surface area contributed by atoms with Gasteiger partial charge in [0, 0.05) is 7.11 Å². The zero-order valence-corrected chi connectivity index (χ0v) is 6.06. The summed E-state index contributed by atoms with van der Waals surface area (Å²) < 4.78 is 9.72. The van der Waals surface area contributed by atoms with E-state index >= 15 is 0 Å². The van der Waals surface area contributed by atoms with Crippen molar-refractivity contribution >= 4 is 7.48 Å². The van der Waals surface area contributed by atoms with Crippen LogP contribution in [0.3, 0.4) is 0 Å². The minimum absolute atomic E-state index is 0.414. The lowest BCUT2D eigenvalue weighted by atomic mass is 9.92. The Morgan fingerprint density at radius 3 is 2.89 bits per heavy atom. The Bertz CT molecular complexity index is 44.3. The molecule has 0 aromatic carbocycles. The summed E-state index contributed by atoms with van der Waals surface area (Å²) in [7, 11) is 2.42. The molecule has 0 amide bonds. The molecule has 0 aliphatic heterocycles. The van der Waals surface area contributed by atoms with Gasteiger partial charge in [-0.25, -0.2) is 0 Å². The Morgan fingerprint density at radius 1 is 1.56 bits per heavy atom. The van der Waals surface area contributed by atoms with E-state index in [1.54, 1.807) is 7.11 Å². The molecular formula is C6H14BO2. The Balaban J connectivity index is 2.60. The first-order valence-electron chi connectivity index (χ1n) is 3.27. The molecule has 0 fully saturated rings. The normalized spacial score (nSPS) is 9.56. The van der Waals surface area contributed by atoms with Gasteiger partial charge in [-0.05, 0) is 0 Å². The number of ether oxygens (including phenoxy) is 1. The summed E-state index contributed by atoms with van der Waals surface area (Å²) in [4.78, 5) is 0. The minimum atomic E-state index is 0.414. The fourth-order valence-corrected chi connectivity index (χ4v) is 0.523. The number of unbranched alkanes of at least 4 members (excludes halogenated alkanes) is 1. The largest absolute Gasteiger partial charge is 0.418 e. The van der Waals surface area contributed by atoms with Crippen molar-refractivity contribution in [2.45, 2.75) is 19.2 Å². The van der Waals surface area contributed by atoms with Crippen molar-refractivity contribution in [1.82, 2.24) is 0 Å². The maximum Gasteiger partial charge on any atom is 0.277 e. The highest BCUT2D eigenvalue weighted by atomic mass is 16.6. The second-order valence-corrected chi connectivity index (χ2v) is 1.88. The summed E-state index contributed by atoms with van der Waals surface area (Å²) in [6.07, 6.45) is 3.23. The molecule has 0 saturated heterocycles. The van der Waals surface area contributed by atoms with E-state index in [1.165, 1.54) is 0 Å². The quantitative estimate of drug-likeness (QED) is 0.302. The fourth-order valence-electron chi connectivity index (χ4n) is 0.523. The minimum Gasteiger partial charge on any atom is -0.418 e. The second kappa shape index (κ2) is 7.98. The maximum atomic E-state index is 5.03. The topological polar surface area (TPSA) is 18.5 Å². The van der Waals surface area contributed by atoms with Crippen molar-refractivity contribution in [3.05, 3.63) is 6.92 Å². The predicted molar refractivity (Wildman–Crippen MR) is 39.5 cm³/mol. The average Bonchev–Trinajstić information content (AvgIpc) is 1.89. The second-order valence-electron chi connectivity index (χ2n) is 1.88. The molecule has 1 radical (unpaired) electrons. The zero-order valence-electron chi connectivity index (χ0n) is 6.06. The monoisotopic (exact) mass is 129 g/mol. The lowest BCUT2D eigenvalue weighted by molar-refractivity contribution is 0.0536. The van der Waals surface area contributed by atoms with E-state index in [0.29, 0.717) is 6.79 Å². The van der Waals surface area contributed by atoms with Gasteiger partial charge in [-0.2, -0.15) is 0 Å².